The van der Waals surface area contributed by atoms with Crippen molar-refractivity contribution >= 4 is 33.3 Å². The van der Waals surface area contributed by atoms with E-state index < -0.39 is 21.0 Å². The van der Waals surface area contributed by atoms with Crippen LogP contribution in [0.5, 0.6) is 0 Å². The number of rotatable bonds is 2. The molecule has 1 aliphatic heterocycles. The number of nitrogens with one attached hydrogen (secondary N) is 1. The minimum absolute atomic E-state index is 0.0977. The van der Waals surface area contributed by atoms with Crippen molar-refractivity contribution in [2.75, 3.05) is 6.54 Å². The predicted molar refractivity (Wildman–Crippen MR) is 101 cm³/mol. The standard InChI is InChI=1S/C16H23FIN3OS/c1-15(2)14(19)23(20-11-5-6-11)16(3,9-21(15)22)12-8-10(18)4-7-13(12)17/h4,7-8,11,14,21H,5-6,9,19H2,1-3H3/t14?,16-,23?/m0/s1. The van der Waals surface area contributed by atoms with Crippen LogP contribution >= 0.6 is 22.6 Å². The molecule has 1 heterocycles. The van der Waals surface area contributed by atoms with Crippen molar-refractivity contribution in [3.63, 3.8) is 0 Å². The minimum Gasteiger partial charge on any atom is -0.634 e. The van der Waals surface area contributed by atoms with Gasteiger partial charge in [-0.2, -0.15) is 0 Å². The van der Waals surface area contributed by atoms with Gasteiger partial charge in [0, 0.05) is 9.13 Å². The van der Waals surface area contributed by atoms with E-state index in [4.69, 9.17) is 10.1 Å². The molecule has 1 aliphatic carbocycles. The number of nitrogens with two attached hydrogens (primary N) is 1. The van der Waals surface area contributed by atoms with Crippen LogP contribution in [0.25, 0.3) is 0 Å². The van der Waals surface area contributed by atoms with E-state index in [-0.39, 0.29) is 16.3 Å². The number of benzene rings is 1. The Labute approximate surface area is 152 Å². The molecule has 2 aliphatic rings. The van der Waals surface area contributed by atoms with Gasteiger partial charge >= 0.3 is 0 Å². The summed E-state index contributed by atoms with van der Waals surface area (Å²) in [6.45, 7) is 6.05. The van der Waals surface area contributed by atoms with E-state index in [1.165, 1.54) is 6.07 Å². The average molecular weight is 451 g/mol. The van der Waals surface area contributed by atoms with Gasteiger partial charge in [-0.3, -0.25) is 4.36 Å². The predicted octanol–water partition coefficient (Wildman–Crippen LogP) is 2.07. The first-order valence-corrected chi connectivity index (χ1v) is 10.2. The molecule has 0 radical (unpaired) electrons. The fourth-order valence-electron chi connectivity index (χ4n) is 2.96. The van der Waals surface area contributed by atoms with E-state index in [0.717, 1.165) is 16.4 Å². The summed E-state index contributed by atoms with van der Waals surface area (Å²) in [4.78, 5) is 0. The molecular weight excluding hydrogens is 428 g/mol. The summed E-state index contributed by atoms with van der Waals surface area (Å²) in [6, 6.07) is 5.40. The Morgan fingerprint density at radius 1 is 1.39 bits per heavy atom. The van der Waals surface area contributed by atoms with Crippen molar-refractivity contribution in [2.24, 2.45) is 10.1 Å². The van der Waals surface area contributed by atoms with Gasteiger partial charge in [-0.05, 0) is 74.4 Å². The molecule has 2 fully saturated rings. The lowest BCUT2D eigenvalue weighted by atomic mass is 9.95. The second-order valence-corrected chi connectivity index (χ2v) is 10.7. The Hall–Kier alpha value is -0.0900. The van der Waals surface area contributed by atoms with Gasteiger partial charge in [-0.15, -0.1) is 0 Å². The first-order chi connectivity index (χ1) is 10.7. The second-order valence-electron chi connectivity index (χ2n) is 7.25. The molecule has 3 rings (SSSR count). The third-order valence-electron chi connectivity index (χ3n) is 4.94. The van der Waals surface area contributed by atoms with E-state index in [2.05, 4.69) is 22.6 Å². The topological polar surface area (TPSA) is 65.9 Å². The Balaban J connectivity index is 2.15. The smallest absolute Gasteiger partial charge is 0.128 e. The zero-order valence-electron chi connectivity index (χ0n) is 13.6. The highest BCUT2D eigenvalue weighted by molar-refractivity contribution is 14.1. The lowest BCUT2D eigenvalue weighted by Gasteiger charge is -2.53. The van der Waals surface area contributed by atoms with E-state index in [1.54, 1.807) is 6.07 Å². The molecule has 0 amide bonds. The van der Waals surface area contributed by atoms with Crippen molar-refractivity contribution in [1.82, 2.24) is 0 Å². The van der Waals surface area contributed by atoms with Gasteiger partial charge in [0.1, 0.15) is 21.5 Å². The third kappa shape index (κ3) is 3.10. The van der Waals surface area contributed by atoms with Crippen LogP contribution in [0.4, 0.5) is 4.39 Å². The van der Waals surface area contributed by atoms with Crippen LogP contribution in [-0.2, 0) is 15.4 Å². The SMILES string of the molecule is CC1(C)C(N)S(=NC2CC2)[C@](C)(c2cc(I)ccc2F)C[NH+]1[O-]. The van der Waals surface area contributed by atoms with Crippen LogP contribution in [0, 0.1) is 14.6 Å². The minimum atomic E-state index is -0.653. The number of hydrogen-bond donors (Lipinski definition) is 2. The maximum absolute atomic E-state index is 14.6. The van der Waals surface area contributed by atoms with Gasteiger partial charge in [0.25, 0.3) is 0 Å². The monoisotopic (exact) mass is 451 g/mol. The van der Waals surface area contributed by atoms with Gasteiger partial charge in [-0.25, -0.2) is 4.39 Å². The largest absolute Gasteiger partial charge is 0.634 e. The Morgan fingerprint density at radius 2 is 2.04 bits per heavy atom. The van der Waals surface area contributed by atoms with E-state index in [9.17, 15) is 9.60 Å². The lowest BCUT2D eigenvalue weighted by Crippen LogP contribution is -3.20. The molecule has 1 saturated heterocycles. The van der Waals surface area contributed by atoms with Crippen LogP contribution in [0.1, 0.15) is 39.2 Å². The fourth-order valence-corrected chi connectivity index (χ4v) is 6.26. The van der Waals surface area contributed by atoms with E-state index in [1.807, 2.05) is 26.8 Å². The highest BCUT2D eigenvalue weighted by Crippen LogP contribution is 2.39. The van der Waals surface area contributed by atoms with Gasteiger partial charge in [-0.1, -0.05) is 10.7 Å². The number of hydrogen-bond acceptors (Lipinski definition) is 3. The van der Waals surface area contributed by atoms with Crippen LogP contribution < -0.4 is 10.8 Å². The molecular formula is C16H23FIN3OS. The second kappa shape index (κ2) is 6.01. The summed E-state index contributed by atoms with van der Waals surface area (Å²) < 4.78 is 19.8. The van der Waals surface area contributed by atoms with Gasteiger partial charge in [0.2, 0.25) is 0 Å². The highest BCUT2D eigenvalue weighted by atomic mass is 127. The van der Waals surface area contributed by atoms with Crippen molar-refractivity contribution in [2.45, 2.75) is 55.3 Å². The molecule has 3 unspecified atom stereocenters. The van der Waals surface area contributed by atoms with Crippen molar-refractivity contribution in [3.05, 3.63) is 38.4 Å². The van der Waals surface area contributed by atoms with Crippen LogP contribution in [0.15, 0.2) is 22.6 Å². The summed E-state index contributed by atoms with van der Waals surface area (Å²) in [5, 5.41) is 12.4. The zero-order valence-corrected chi connectivity index (χ0v) is 16.6. The van der Waals surface area contributed by atoms with Crippen molar-refractivity contribution in [1.29, 1.82) is 0 Å². The van der Waals surface area contributed by atoms with Crippen LogP contribution in [-0.4, -0.2) is 23.5 Å². The molecule has 4 atom stereocenters. The van der Waals surface area contributed by atoms with Gasteiger partial charge in [0.15, 0.2) is 0 Å². The zero-order chi connectivity index (χ0) is 17.0. The molecule has 4 nitrogen and oxygen atoms in total. The van der Waals surface area contributed by atoms with Gasteiger partial charge < -0.3 is 16.0 Å². The summed E-state index contributed by atoms with van der Waals surface area (Å²) in [5.41, 5.74) is 6.47. The Kier molecular flexibility index (Phi) is 4.63. The number of nitrogens with zero attached hydrogens (tertiary/aromatic N) is 1. The normalized spacial score (nSPS) is 37.1. The quantitative estimate of drug-likeness (QED) is 0.534. The van der Waals surface area contributed by atoms with E-state index in [0.29, 0.717) is 18.2 Å². The molecule has 0 bridgehead atoms. The third-order valence-corrected chi connectivity index (χ3v) is 8.49. The van der Waals surface area contributed by atoms with Crippen molar-refractivity contribution in [3.8, 4) is 0 Å². The van der Waals surface area contributed by atoms with Crippen molar-refractivity contribution < 1.29 is 9.45 Å². The molecule has 1 aromatic carbocycles. The first kappa shape index (κ1) is 17.7. The lowest BCUT2D eigenvalue weighted by molar-refractivity contribution is -0.905. The fraction of sp³-hybridized carbons (Fsp3) is 0.625. The van der Waals surface area contributed by atoms with Crippen LogP contribution in [0.2, 0.25) is 0 Å². The summed E-state index contributed by atoms with van der Waals surface area (Å²) in [7, 11) is -0.581. The molecule has 1 saturated carbocycles. The molecule has 3 N–H and O–H groups in total. The Morgan fingerprint density at radius 3 is 2.65 bits per heavy atom. The summed E-state index contributed by atoms with van der Waals surface area (Å²) in [5.74, 6) is -0.267. The molecule has 23 heavy (non-hydrogen) atoms. The Bertz CT molecular complexity index is 665. The molecule has 128 valence electrons. The molecule has 1 aromatic rings. The first-order valence-electron chi connectivity index (χ1n) is 7.85. The number of halogens is 2. The number of hydroxylamine groups is 2. The summed E-state index contributed by atoms with van der Waals surface area (Å²) >= 11 is 2.18. The molecule has 0 aromatic heterocycles. The maximum atomic E-state index is 14.6. The molecule has 7 heteroatoms. The van der Waals surface area contributed by atoms with Crippen LogP contribution in [0.3, 0.4) is 0 Å². The number of quaternary nitrogens is 1. The summed E-state index contributed by atoms with van der Waals surface area (Å²) in [6.07, 6.45) is 2.16. The van der Waals surface area contributed by atoms with Gasteiger partial charge in [0.05, 0.1) is 12.6 Å². The van der Waals surface area contributed by atoms with E-state index >= 15 is 0 Å². The average Bonchev–Trinajstić information content (AvgIpc) is 3.29. The highest BCUT2D eigenvalue weighted by Gasteiger charge is 2.52. The maximum Gasteiger partial charge on any atom is 0.128 e. The molecule has 0 spiro atoms.